The minimum atomic E-state index is 0.226. The fraction of sp³-hybridized carbons (Fsp3) is 0.667. The number of likely N-dealkylation sites (tertiary alicyclic amines) is 1. The second kappa shape index (κ2) is 7.77. The topological polar surface area (TPSA) is 32.8 Å². The molecule has 1 aromatic carbocycles. The van der Waals surface area contributed by atoms with Crippen LogP contribution in [0, 0.1) is 11.8 Å². The van der Waals surface area contributed by atoms with Crippen LogP contribution in [-0.4, -0.2) is 48.5 Å². The van der Waals surface area contributed by atoms with Crippen LogP contribution in [0.5, 0.6) is 5.75 Å². The fourth-order valence-electron chi connectivity index (χ4n) is 4.17. The highest BCUT2D eigenvalue weighted by atomic mass is 35.5. The van der Waals surface area contributed by atoms with E-state index in [1.165, 1.54) is 25.9 Å². The summed E-state index contributed by atoms with van der Waals surface area (Å²) in [6.07, 6.45) is 6.97. The first kappa shape index (κ1) is 18.1. The molecule has 1 aliphatic heterocycles. The number of hydrogen-bond donors (Lipinski definition) is 0. The van der Waals surface area contributed by atoms with Crippen molar-refractivity contribution >= 4 is 17.5 Å². The smallest absolute Gasteiger partial charge is 0.225 e. The average molecular weight is 377 g/mol. The number of nitrogens with zero attached hydrogens (tertiary/aromatic N) is 2. The van der Waals surface area contributed by atoms with Crippen LogP contribution in [0.1, 0.15) is 44.1 Å². The quantitative estimate of drug-likeness (QED) is 0.722. The van der Waals surface area contributed by atoms with E-state index in [0.29, 0.717) is 17.7 Å². The first-order valence-electron chi connectivity index (χ1n) is 10.0. The zero-order chi connectivity index (χ0) is 18.1. The Morgan fingerprint density at radius 3 is 2.69 bits per heavy atom. The van der Waals surface area contributed by atoms with Crippen LogP contribution in [0.3, 0.4) is 0 Å². The van der Waals surface area contributed by atoms with Crippen LogP contribution in [0.15, 0.2) is 18.2 Å². The summed E-state index contributed by atoms with van der Waals surface area (Å²) >= 11 is 6.61. The molecule has 0 bridgehead atoms. The Hall–Kier alpha value is -1.26. The van der Waals surface area contributed by atoms with Crippen LogP contribution in [-0.2, 0) is 11.3 Å². The van der Waals surface area contributed by atoms with Crippen molar-refractivity contribution in [2.24, 2.45) is 11.8 Å². The molecular weight excluding hydrogens is 348 g/mol. The van der Waals surface area contributed by atoms with Gasteiger partial charge in [0.2, 0.25) is 5.91 Å². The normalized spacial score (nSPS) is 25.8. The van der Waals surface area contributed by atoms with Gasteiger partial charge in [-0.3, -0.25) is 9.69 Å². The number of halogens is 1. The maximum atomic E-state index is 12.1. The van der Waals surface area contributed by atoms with Crippen LogP contribution >= 0.6 is 11.6 Å². The summed E-state index contributed by atoms with van der Waals surface area (Å²) < 4.78 is 6.16. The second-order valence-electron chi connectivity index (χ2n) is 8.28. The summed E-state index contributed by atoms with van der Waals surface area (Å²) in [5.41, 5.74) is 1.16. The van der Waals surface area contributed by atoms with Gasteiger partial charge in [0.25, 0.3) is 0 Å². The lowest BCUT2D eigenvalue weighted by atomic mass is 9.82. The Labute approximate surface area is 161 Å². The number of carbonyl (C=O) groups excluding carboxylic acids is 1. The summed E-state index contributed by atoms with van der Waals surface area (Å²) in [6, 6.07) is 6.13. The van der Waals surface area contributed by atoms with E-state index in [1.807, 2.05) is 24.1 Å². The Balaban J connectivity index is 1.26. The average Bonchev–Trinajstić information content (AvgIpc) is 3.32. The van der Waals surface area contributed by atoms with Crippen molar-refractivity contribution in [3.8, 4) is 5.75 Å². The number of carbonyl (C=O) groups is 1. The highest BCUT2D eigenvalue weighted by molar-refractivity contribution is 6.32. The minimum Gasteiger partial charge on any atom is -0.489 e. The van der Waals surface area contributed by atoms with E-state index in [2.05, 4.69) is 11.0 Å². The zero-order valence-corrected chi connectivity index (χ0v) is 16.4. The van der Waals surface area contributed by atoms with Gasteiger partial charge in [-0.2, -0.15) is 0 Å². The number of rotatable bonds is 7. The molecule has 26 heavy (non-hydrogen) atoms. The van der Waals surface area contributed by atoms with Gasteiger partial charge in [-0.15, -0.1) is 0 Å². The molecular formula is C21H29ClN2O2. The number of amides is 1. The third kappa shape index (κ3) is 4.17. The maximum absolute atomic E-state index is 12.1. The lowest BCUT2D eigenvalue weighted by molar-refractivity contribution is -0.132. The monoisotopic (exact) mass is 376 g/mol. The SMILES string of the molecule is CN(CC1CC(Oc2cccc(CN3CCCC3)c2Cl)C1)C(=O)C1CC1. The van der Waals surface area contributed by atoms with Gasteiger partial charge in [-0.25, -0.2) is 0 Å². The predicted molar refractivity (Wildman–Crippen MR) is 103 cm³/mol. The van der Waals surface area contributed by atoms with Gasteiger partial charge in [0.05, 0.1) is 11.1 Å². The van der Waals surface area contributed by atoms with E-state index >= 15 is 0 Å². The van der Waals surface area contributed by atoms with Crippen molar-refractivity contribution in [1.82, 2.24) is 9.80 Å². The molecule has 1 amide bonds. The Morgan fingerprint density at radius 1 is 1.27 bits per heavy atom. The third-order valence-corrected chi connectivity index (χ3v) is 6.39. The lowest BCUT2D eigenvalue weighted by Crippen LogP contribution is -2.42. The van der Waals surface area contributed by atoms with Crippen molar-refractivity contribution in [2.45, 2.75) is 51.2 Å². The van der Waals surface area contributed by atoms with Crippen LogP contribution < -0.4 is 4.74 Å². The van der Waals surface area contributed by atoms with Gasteiger partial charge >= 0.3 is 0 Å². The van der Waals surface area contributed by atoms with E-state index in [9.17, 15) is 4.79 Å². The van der Waals surface area contributed by atoms with Crippen LogP contribution in [0.2, 0.25) is 5.02 Å². The molecule has 2 aliphatic carbocycles. The van der Waals surface area contributed by atoms with Crippen molar-refractivity contribution in [1.29, 1.82) is 0 Å². The first-order valence-corrected chi connectivity index (χ1v) is 10.4. The molecule has 4 rings (SSSR count). The lowest BCUT2D eigenvalue weighted by Gasteiger charge is -2.37. The van der Waals surface area contributed by atoms with E-state index in [0.717, 1.165) is 55.1 Å². The summed E-state index contributed by atoms with van der Waals surface area (Å²) in [5, 5.41) is 0.767. The fourth-order valence-corrected chi connectivity index (χ4v) is 4.40. The molecule has 0 aromatic heterocycles. The van der Waals surface area contributed by atoms with Gasteiger partial charge < -0.3 is 9.64 Å². The summed E-state index contributed by atoms with van der Waals surface area (Å²) in [4.78, 5) is 16.4. The Kier molecular flexibility index (Phi) is 5.42. The van der Waals surface area contributed by atoms with E-state index in [4.69, 9.17) is 16.3 Å². The van der Waals surface area contributed by atoms with Crippen LogP contribution in [0.4, 0.5) is 0 Å². The third-order valence-electron chi connectivity index (χ3n) is 5.96. The molecule has 4 nitrogen and oxygen atoms in total. The van der Waals surface area contributed by atoms with E-state index in [-0.39, 0.29) is 6.10 Å². The highest BCUT2D eigenvalue weighted by Crippen LogP contribution is 2.37. The Bertz CT molecular complexity index is 649. The zero-order valence-electron chi connectivity index (χ0n) is 15.6. The maximum Gasteiger partial charge on any atom is 0.225 e. The van der Waals surface area contributed by atoms with E-state index in [1.54, 1.807) is 0 Å². The molecule has 1 aromatic rings. The molecule has 0 N–H and O–H groups in total. The van der Waals surface area contributed by atoms with Gasteiger partial charge in [0.1, 0.15) is 5.75 Å². The largest absolute Gasteiger partial charge is 0.489 e. The molecule has 1 saturated heterocycles. The highest BCUT2D eigenvalue weighted by Gasteiger charge is 2.36. The van der Waals surface area contributed by atoms with E-state index < -0.39 is 0 Å². The van der Waals surface area contributed by atoms with Gasteiger partial charge in [-0.1, -0.05) is 23.7 Å². The molecule has 3 fully saturated rings. The molecule has 2 saturated carbocycles. The van der Waals surface area contributed by atoms with Crippen molar-refractivity contribution in [2.75, 3.05) is 26.7 Å². The summed E-state index contributed by atoms with van der Waals surface area (Å²) in [6.45, 7) is 4.10. The van der Waals surface area contributed by atoms with Crippen molar-refractivity contribution < 1.29 is 9.53 Å². The molecule has 5 heteroatoms. The molecule has 0 unspecified atom stereocenters. The standard InChI is InChI=1S/C21H29ClN2O2/c1-23(21(25)16-7-8-16)13-15-11-18(12-15)26-19-6-4-5-17(20(19)22)14-24-9-2-3-10-24/h4-6,15-16,18H,2-3,7-14H2,1H3. The summed E-state index contributed by atoms with van der Waals surface area (Å²) in [7, 11) is 1.94. The van der Waals surface area contributed by atoms with Crippen molar-refractivity contribution in [3.63, 3.8) is 0 Å². The van der Waals surface area contributed by atoms with Gasteiger partial charge in [-0.05, 0) is 69.2 Å². The van der Waals surface area contributed by atoms with Crippen LogP contribution in [0.25, 0.3) is 0 Å². The number of ether oxygens (including phenoxy) is 1. The van der Waals surface area contributed by atoms with Crippen molar-refractivity contribution in [3.05, 3.63) is 28.8 Å². The molecule has 1 heterocycles. The van der Waals surface area contributed by atoms with Gasteiger partial charge in [0, 0.05) is 26.1 Å². The predicted octanol–water partition coefficient (Wildman–Crippen LogP) is 3.96. The summed E-state index contributed by atoms with van der Waals surface area (Å²) in [5.74, 6) is 2.00. The molecule has 3 aliphatic rings. The Morgan fingerprint density at radius 2 is 2.00 bits per heavy atom. The molecule has 142 valence electrons. The molecule has 0 spiro atoms. The number of hydrogen-bond acceptors (Lipinski definition) is 3. The molecule has 0 atom stereocenters. The second-order valence-corrected chi connectivity index (χ2v) is 8.66. The molecule has 0 radical (unpaired) electrons. The minimum absolute atomic E-state index is 0.226. The first-order chi connectivity index (χ1) is 12.6. The van der Waals surface area contributed by atoms with Gasteiger partial charge in [0.15, 0.2) is 0 Å². The number of benzene rings is 1.